The first-order chi connectivity index (χ1) is 9.83. The summed E-state index contributed by atoms with van der Waals surface area (Å²) in [4.78, 5) is 0. The summed E-state index contributed by atoms with van der Waals surface area (Å²) < 4.78 is 0. The van der Waals surface area contributed by atoms with Crippen LogP contribution in [-0.2, 0) is 10.8 Å². The fourth-order valence-electron chi connectivity index (χ4n) is 6.92. The Morgan fingerprint density at radius 1 is 0.600 bits per heavy atom. The van der Waals surface area contributed by atoms with Gasteiger partial charge in [0.05, 0.1) is 0 Å². The number of rotatable bonds is 4. The third-order valence-electron chi connectivity index (χ3n) is 7.08. The second-order valence-corrected chi connectivity index (χ2v) is 6.75. The second kappa shape index (κ2) is 2.88. The van der Waals surface area contributed by atoms with Crippen molar-refractivity contribution in [1.82, 2.24) is 0 Å². The molecule has 0 spiro atoms. The summed E-state index contributed by atoms with van der Waals surface area (Å²) in [5, 5.41) is 0. The highest BCUT2D eigenvalue weighted by Gasteiger charge is 3.34. The molecular weight excluding hydrogens is 240 g/mol. The van der Waals surface area contributed by atoms with E-state index in [-0.39, 0.29) is 0 Å². The predicted molar refractivity (Wildman–Crippen MR) is 81.7 cm³/mol. The Balaban J connectivity index is 1.71. The van der Waals surface area contributed by atoms with Crippen LogP contribution in [0.2, 0.25) is 0 Å². The Bertz CT molecular complexity index is 624. The largest absolute Gasteiger partial charge is 0.0648 e. The van der Waals surface area contributed by atoms with Crippen LogP contribution in [0.5, 0.6) is 0 Å². The van der Waals surface area contributed by atoms with Crippen molar-refractivity contribution in [3.8, 4) is 0 Å². The van der Waals surface area contributed by atoms with Gasteiger partial charge in [0, 0.05) is 10.8 Å². The van der Waals surface area contributed by atoms with E-state index in [1.54, 1.807) is 11.1 Å². The van der Waals surface area contributed by atoms with Crippen LogP contribution in [0.3, 0.4) is 0 Å². The van der Waals surface area contributed by atoms with Crippen LogP contribution in [0.4, 0.5) is 0 Å². The molecule has 4 aliphatic carbocycles. The van der Waals surface area contributed by atoms with Crippen LogP contribution in [0.25, 0.3) is 0 Å². The van der Waals surface area contributed by atoms with Crippen LogP contribution in [0.15, 0.2) is 60.7 Å². The first kappa shape index (κ1) is 11.1. The summed E-state index contributed by atoms with van der Waals surface area (Å²) in [5.41, 5.74) is 5.33. The summed E-state index contributed by atoms with van der Waals surface area (Å²) in [5.74, 6) is 0. The highest BCUT2D eigenvalue weighted by molar-refractivity contribution is 5.95. The normalized spacial score (nSPS) is 45.7. The fourth-order valence-corrected chi connectivity index (χ4v) is 6.92. The minimum Gasteiger partial charge on any atom is -0.0648 e. The average molecular weight is 260 g/mol. The molecular formula is C20H20. The van der Waals surface area contributed by atoms with Crippen molar-refractivity contribution >= 4 is 0 Å². The van der Waals surface area contributed by atoms with Crippen molar-refractivity contribution in [2.45, 2.75) is 37.5 Å². The van der Waals surface area contributed by atoms with Crippen LogP contribution >= 0.6 is 0 Å². The van der Waals surface area contributed by atoms with Gasteiger partial charge in [0.25, 0.3) is 0 Å². The maximum Gasteiger partial charge on any atom is 0.0204 e. The molecule has 4 saturated carbocycles. The van der Waals surface area contributed by atoms with Gasteiger partial charge in [-0.15, -0.1) is 0 Å². The molecule has 0 aromatic heterocycles. The molecule has 0 saturated heterocycles. The quantitative estimate of drug-likeness (QED) is 0.747. The second-order valence-electron chi connectivity index (χ2n) is 6.75. The molecule has 2 aromatic rings. The third-order valence-corrected chi connectivity index (χ3v) is 7.08. The van der Waals surface area contributed by atoms with Gasteiger partial charge in [-0.2, -0.15) is 0 Å². The molecule has 0 heteroatoms. The van der Waals surface area contributed by atoms with E-state index in [2.05, 4.69) is 74.5 Å². The van der Waals surface area contributed by atoms with E-state index < -0.39 is 0 Å². The van der Waals surface area contributed by atoms with E-state index in [0.717, 1.165) is 0 Å². The summed E-state index contributed by atoms with van der Waals surface area (Å²) in [6.45, 7) is 4.79. The molecule has 0 N–H and O–H groups in total. The third kappa shape index (κ3) is 0.637. The van der Waals surface area contributed by atoms with Gasteiger partial charge in [-0.3, -0.25) is 0 Å². The van der Waals surface area contributed by atoms with Crippen LogP contribution in [-0.4, -0.2) is 0 Å². The highest BCUT2D eigenvalue weighted by Crippen LogP contribution is 3.32. The van der Waals surface area contributed by atoms with Gasteiger partial charge in [-0.1, -0.05) is 74.5 Å². The molecule has 4 aliphatic rings. The molecule has 4 fully saturated rings. The van der Waals surface area contributed by atoms with Crippen molar-refractivity contribution in [2.75, 3.05) is 0 Å². The van der Waals surface area contributed by atoms with Gasteiger partial charge in [-0.25, -0.2) is 0 Å². The van der Waals surface area contributed by atoms with E-state index in [1.165, 1.54) is 12.8 Å². The topological polar surface area (TPSA) is 0 Å². The molecule has 2 aromatic carbocycles. The van der Waals surface area contributed by atoms with Crippen LogP contribution in [0.1, 0.15) is 37.8 Å². The van der Waals surface area contributed by atoms with Gasteiger partial charge < -0.3 is 0 Å². The fraction of sp³-hybridized carbons (Fsp3) is 0.400. The molecule has 6 rings (SSSR count). The Morgan fingerprint density at radius 2 is 0.950 bits per heavy atom. The van der Waals surface area contributed by atoms with Gasteiger partial charge in [-0.05, 0) is 34.8 Å². The van der Waals surface area contributed by atoms with E-state index >= 15 is 0 Å². The summed E-state index contributed by atoms with van der Waals surface area (Å²) >= 11 is 0. The van der Waals surface area contributed by atoms with Gasteiger partial charge in [0.15, 0.2) is 0 Å². The molecule has 0 atom stereocenters. The molecule has 0 aliphatic heterocycles. The molecule has 0 amide bonds. The molecule has 0 heterocycles. The first-order valence-corrected chi connectivity index (χ1v) is 7.94. The van der Waals surface area contributed by atoms with E-state index in [4.69, 9.17) is 0 Å². The zero-order valence-corrected chi connectivity index (χ0v) is 12.2. The summed E-state index contributed by atoms with van der Waals surface area (Å²) in [6.07, 6.45) is 2.65. The van der Waals surface area contributed by atoms with Crippen molar-refractivity contribution in [3.05, 3.63) is 71.8 Å². The number of hydrogen-bond acceptors (Lipinski definition) is 0. The number of benzene rings is 2. The zero-order valence-electron chi connectivity index (χ0n) is 12.2. The minimum absolute atomic E-state index is 0.485. The summed E-state index contributed by atoms with van der Waals surface area (Å²) in [7, 11) is 0. The molecule has 0 bridgehead atoms. The van der Waals surface area contributed by atoms with Crippen LogP contribution in [0, 0.1) is 10.8 Å². The Morgan fingerprint density at radius 3 is 1.25 bits per heavy atom. The monoisotopic (exact) mass is 260 g/mol. The lowest BCUT2D eigenvalue weighted by Gasteiger charge is -1.99. The minimum atomic E-state index is 0.485. The SMILES string of the molecule is CCC12C3(CC)C1(c1ccccc1)C23c1ccccc1. The lowest BCUT2D eigenvalue weighted by molar-refractivity contribution is 0.663. The average Bonchev–Trinajstić information content (AvgIpc) is 3.44. The standard InChI is InChI=1S/C20H20/c1-3-17-18(4-2)19(17,15-11-7-5-8-12-15)20(17,18)16-13-9-6-10-14-16/h5-14H,3-4H2,1-2H3. The first-order valence-electron chi connectivity index (χ1n) is 7.94. The molecule has 0 nitrogen and oxygen atoms in total. The lowest BCUT2D eigenvalue weighted by atomic mass is 10.0. The Labute approximate surface area is 120 Å². The van der Waals surface area contributed by atoms with E-state index in [0.29, 0.717) is 21.7 Å². The molecule has 0 unspecified atom stereocenters. The van der Waals surface area contributed by atoms with Crippen molar-refractivity contribution in [2.24, 2.45) is 10.8 Å². The predicted octanol–water partition coefficient (Wildman–Crippen LogP) is 4.70. The van der Waals surface area contributed by atoms with Gasteiger partial charge in [0.2, 0.25) is 0 Å². The zero-order chi connectivity index (χ0) is 13.6. The Hall–Kier alpha value is -1.56. The maximum absolute atomic E-state index is 2.40. The lowest BCUT2D eigenvalue weighted by Crippen LogP contribution is -1.91. The van der Waals surface area contributed by atoms with Gasteiger partial charge >= 0.3 is 0 Å². The number of hydrogen-bond donors (Lipinski definition) is 0. The molecule has 0 radical (unpaired) electrons. The van der Waals surface area contributed by atoms with Gasteiger partial charge in [0.1, 0.15) is 0 Å². The van der Waals surface area contributed by atoms with E-state index in [1.807, 2.05) is 0 Å². The maximum atomic E-state index is 2.40. The summed E-state index contributed by atoms with van der Waals surface area (Å²) in [6, 6.07) is 22.6. The molecule has 20 heavy (non-hydrogen) atoms. The van der Waals surface area contributed by atoms with Crippen molar-refractivity contribution in [3.63, 3.8) is 0 Å². The Kier molecular flexibility index (Phi) is 1.61. The van der Waals surface area contributed by atoms with Crippen LogP contribution < -0.4 is 0 Å². The van der Waals surface area contributed by atoms with E-state index in [9.17, 15) is 0 Å². The molecule has 100 valence electrons. The smallest absolute Gasteiger partial charge is 0.0204 e. The van der Waals surface area contributed by atoms with Crippen molar-refractivity contribution in [1.29, 1.82) is 0 Å². The highest BCUT2D eigenvalue weighted by atomic mass is 15.4. The van der Waals surface area contributed by atoms with Crippen molar-refractivity contribution < 1.29 is 0 Å².